The zero-order valence-electron chi connectivity index (χ0n) is 23.2. The van der Waals surface area contributed by atoms with Gasteiger partial charge < -0.3 is 0 Å². The molecule has 2 aromatic heterocycles. The van der Waals surface area contributed by atoms with Crippen LogP contribution in [0.15, 0.2) is 48.9 Å². The summed E-state index contributed by atoms with van der Waals surface area (Å²) in [6, 6.07) is 9.65. The number of amides is 1. The summed E-state index contributed by atoms with van der Waals surface area (Å²) in [5, 5.41) is 9.94. The molecule has 9 nitrogen and oxygen atoms in total. The van der Waals surface area contributed by atoms with Crippen LogP contribution in [0, 0.1) is 5.82 Å². The number of rotatable bonds is 9. The molecule has 4 aromatic rings. The van der Waals surface area contributed by atoms with E-state index in [1.165, 1.54) is 34.8 Å². The molecular weight excluding hydrogens is 608 g/mol. The second kappa shape index (κ2) is 13.1. The molecule has 0 fully saturated rings. The summed E-state index contributed by atoms with van der Waals surface area (Å²) >= 11 is 5.55. The van der Waals surface area contributed by atoms with Crippen molar-refractivity contribution in [3.63, 3.8) is 0 Å². The van der Waals surface area contributed by atoms with Crippen LogP contribution in [0.3, 0.4) is 0 Å². The number of benzene rings is 2. The maximum absolute atomic E-state index is 15.5. The van der Waals surface area contributed by atoms with Gasteiger partial charge in [-0.05, 0) is 0 Å². The van der Waals surface area contributed by atoms with Gasteiger partial charge in [-0.25, -0.2) is 0 Å². The van der Waals surface area contributed by atoms with E-state index in [0.717, 1.165) is 39.1 Å². The van der Waals surface area contributed by atoms with Gasteiger partial charge in [0.15, 0.2) is 0 Å². The van der Waals surface area contributed by atoms with Gasteiger partial charge >= 0.3 is 251 Å². The van der Waals surface area contributed by atoms with Crippen molar-refractivity contribution in [1.82, 2.24) is 30.0 Å². The van der Waals surface area contributed by atoms with Crippen LogP contribution < -0.4 is 19.6 Å². The molecule has 2 N–H and O–H groups in total. The molecule has 0 bridgehead atoms. The normalized spacial score (nSPS) is 13.8. The second-order valence-corrected chi connectivity index (χ2v) is 12.9. The Bertz CT molecular complexity index is 1560. The molecular formula is C29H32AsClFN7O2. The van der Waals surface area contributed by atoms with Gasteiger partial charge in [-0.1, -0.05) is 0 Å². The second-order valence-electron chi connectivity index (χ2n) is 9.82. The van der Waals surface area contributed by atoms with E-state index in [4.69, 9.17) is 16.3 Å². The van der Waals surface area contributed by atoms with Crippen molar-refractivity contribution in [3.8, 4) is 11.1 Å². The van der Waals surface area contributed by atoms with E-state index in [0.29, 0.717) is 15.7 Å². The van der Waals surface area contributed by atoms with Gasteiger partial charge in [-0.3, -0.25) is 0 Å². The number of carbonyl (C=O) groups is 1. The van der Waals surface area contributed by atoms with Gasteiger partial charge in [0.2, 0.25) is 0 Å². The van der Waals surface area contributed by atoms with Gasteiger partial charge in [0.25, 0.3) is 0 Å². The summed E-state index contributed by atoms with van der Waals surface area (Å²) < 4.78 is 24.2. The molecule has 0 saturated carbocycles. The SMILES string of the molecule is CNC(=O)c1cc(-c2cnn(C)c2)cc(F)c1Nc1nc([AsH]c2ccc3c(c2)CCN(CCOC)CC3)ncc1Cl. The van der Waals surface area contributed by atoms with Crippen LogP contribution in [-0.2, 0) is 24.6 Å². The number of aromatic nitrogens is 4. The number of methoxy groups -OCH3 is 1. The fourth-order valence-electron chi connectivity index (χ4n) is 4.84. The Labute approximate surface area is 250 Å². The van der Waals surface area contributed by atoms with Crippen LogP contribution in [0.4, 0.5) is 15.9 Å². The molecule has 0 saturated heterocycles. The van der Waals surface area contributed by atoms with Gasteiger partial charge in [0.1, 0.15) is 0 Å². The summed E-state index contributed by atoms with van der Waals surface area (Å²) in [6.07, 6.45) is 6.90. The number of hydrogen-bond acceptors (Lipinski definition) is 7. The van der Waals surface area contributed by atoms with Crippen molar-refractivity contribution in [2.75, 3.05) is 45.7 Å². The molecule has 1 aliphatic heterocycles. The van der Waals surface area contributed by atoms with Crippen molar-refractivity contribution in [2.24, 2.45) is 7.05 Å². The number of nitrogens with zero attached hydrogens (tertiary/aromatic N) is 5. The molecule has 3 heterocycles. The number of anilines is 2. The third kappa shape index (κ3) is 6.96. The molecule has 0 aliphatic carbocycles. The molecule has 12 heteroatoms. The van der Waals surface area contributed by atoms with E-state index >= 15 is 4.39 Å². The molecule has 1 aliphatic rings. The third-order valence-electron chi connectivity index (χ3n) is 7.06. The van der Waals surface area contributed by atoms with E-state index in [9.17, 15) is 4.79 Å². The van der Waals surface area contributed by atoms with Crippen LogP contribution in [-0.4, -0.2) is 86.7 Å². The standard InChI is InChI=1S/C29H32AsClFN7O2/c1-33-28(40)23-13-20(21-15-35-38(2)17-21)14-25(32)26(23)36-27-24(31)16-34-29(37-27)30-22-5-4-18-6-8-39(10-11-41-3)9-7-19(18)12-22/h4-5,12-17,30H,6-11H2,1-3H3,(H,33,40)(H,34,36,37). The van der Waals surface area contributed by atoms with Crippen molar-refractivity contribution in [2.45, 2.75) is 12.8 Å². The van der Waals surface area contributed by atoms with Crippen molar-refractivity contribution >= 4 is 53.7 Å². The zero-order valence-corrected chi connectivity index (χ0v) is 26.0. The Morgan fingerprint density at radius 3 is 2.68 bits per heavy atom. The molecule has 1 unspecified atom stereocenters. The molecule has 1 atom stereocenters. The monoisotopic (exact) mass is 639 g/mol. The zero-order chi connectivity index (χ0) is 28.9. The predicted molar refractivity (Wildman–Crippen MR) is 161 cm³/mol. The van der Waals surface area contributed by atoms with Crippen molar-refractivity contribution in [3.05, 3.63) is 76.5 Å². The number of nitrogens with one attached hydrogen (secondary N) is 2. The molecule has 2 aromatic carbocycles. The number of hydrogen-bond donors (Lipinski definition) is 2. The van der Waals surface area contributed by atoms with Crippen LogP contribution in [0.2, 0.25) is 5.02 Å². The number of ether oxygens (including phenoxy) is 1. The minimum atomic E-state index is -0.891. The van der Waals surface area contributed by atoms with E-state index in [1.54, 1.807) is 37.3 Å². The summed E-state index contributed by atoms with van der Waals surface area (Å²) in [5.74, 6) is -0.800. The number of aryl methyl sites for hydroxylation is 1. The first-order chi connectivity index (χ1) is 19.8. The van der Waals surface area contributed by atoms with Gasteiger partial charge in [-0.15, -0.1) is 0 Å². The molecule has 214 valence electrons. The summed E-state index contributed by atoms with van der Waals surface area (Å²) in [6.45, 7) is 3.71. The maximum atomic E-state index is 15.5. The van der Waals surface area contributed by atoms with Crippen LogP contribution in [0.1, 0.15) is 21.5 Å². The number of halogens is 2. The number of fused-ring (bicyclic) bond motifs is 1. The summed E-state index contributed by atoms with van der Waals surface area (Å²) in [4.78, 5) is 24.3. The molecule has 0 spiro atoms. The Balaban J connectivity index is 1.38. The van der Waals surface area contributed by atoms with Gasteiger partial charge in [0.05, 0.1) is 0 Å². The fourth-order valence-corrected chi connectivity index (χ4v) is 7.01. The third-order valence-corrected chi connectivity index (χ3v) is 9.57. The van der Waals surface area contributed by atoms with Crippen LogP contribution in [0.25, 0.3) is 11.1 Å². The van der Waals surface area contributed by atoms with Gasteiger partial charge in [0, 0.05) is 0 Å². The van der Waals surface area contributed by atoms with Crippen LogP contribution in [0.5, 0.6) is 0 Å². The van der Waals surface area contributed by atoms with E-state index in [-0.39, 0.29) is 22.1 Å². The first-order valence-electron chi connectivity index (χ1n) is 13.3. The predicted octanol–water partition coefficient (Wildman–Crippen LogP) is 2.21. The summed E-state index contributed by atoms with van der Waals surface area (Å²) in [5.41, 5.74) is 4.09. The topological polar surface area (TPSA) is 97.2 Å². The van der Waals surface area contributed by atoms with Crippen LogP contribution >= 0.6 is 11.6 Å². The Kier molecular flexibility index (Phi) is 9.35. The van der Waals surface area contributed by atoms with E-state index in [2.05, 4.69) is 48.8 Å². The Morgan fingerprint density at radius 1 is 1.15 bits per heavy atom. The average molecular weight is 640 g/mol. The molecule has 5 rings (SSSR count). The Morgan fingerprint density at radius 2 is 1.95 bits per heavy atom. The fraction of sp³-hybridized carbons (Fsp3) is 0.310. The average Bonchev–Trinajstić information content (AvgIpc) is 3.31. The summed E-state index contributed by atoms with van der Waals surface area (Å²) in [7, 11) is 5.01. The van der Waals surface area contributed by atoms with Crippen molar-refractivity contribution in [1.29, 1.82) is 0 Å². The molecule has 1 amide bonds. The molecule has 41 heavy (non-hydrogen) atoms. The van der Waals surface area contributed by atoms with Gasteiger partial charge in [-0.2, -0.15) is 0 Å². The Hall–Kier alpha value is -3.30. The first kappa shape index (κ1) is 29.2. The minimum absolute atomic E-state index is 0.00778. The van der Waals surface area contributed by atoms with Crippen molar-refractivity contribution < 1.29 is 13.9 Å². The van der Waals surface area contributed by atoms with E-state index in [1.807, 2.05) is 0 Å². The van der Waals surface area contributed by atoms with E-state index < -0.39 is 27.5 Å². The quantitative estimate of drug-likeness (QED) is 0.271. The molecule has 0 radical (unpaired) electrons. The first-order valence-corrected chi connectivity index (χ1v) is 15.8. The number of carbonyl (C=O) groups excluding carboxylic acids is 1.